The first-order valence-corrected chi connectivity index (χ1v) is 8.98. The summed E-state index contributed by atoms with van der Waals surface area (Å²) in [5.74, 6) is 0.164. The number of ether oxygens (including phenoxy) is 2. The molecule has 0 radical (unpaired) electrons. The van der Waals surface area contributed by atoms with Crippen LogP contribution in [0.25, 0.3) is 0 Å². The van der Waals surface area contributed by atoms with Crippen LogP contribution in [0.3, 0.4) is 0 Å². The SMILES string of the molecule is COc1ccc(C(=O)Oc2cccc(/C=N/NC(=O)c3ccc(Cl)cc3)c2)cc1. The van der Waals surface area contributed by atoms with Crippen molar-refractivity contribution in [3.63, 3.8) is 0 Å². The van der Waals surface area contributed by atoms with Gasteiger partial charge in [-0.25, -0.2) is 10.2 Å². The third-order valence-corrected chi connectivity index (χ3v) is 4.13. The highest BCUT2D eigenvalue weighted by atomic mass is 35.5. The number of carbonyl (C=O) groups excluding carboxylic acids is 2. The Bertz CT molecular complexity index is 1030. The van der Waals surface area contributed by atoms with Gasteiger partial charge in [-0.3, -0.25) is 4.79 Å². The first-order chi connectivity index (χ1) is 14.0. The molecule has 0 fully saturated rings. The van der Waals surface area contributed by atoms with Crippen molar-refractivity contribution < 1.29 is 19.1 Å². The molecule has 1 N–H and O–H groups in total. The number of hydrazone groups is 1. The van der Waals surface area contributed by atoms with Crippen molar-refractivity contribution in [2.75, 3.05) is 7.11 Å². The molecule has 146 valence electrons. The van der Waals surface area contributed by atoms with Crippen LogP contribution < -0.4 is 14.9 Å². The summed E-state index contributed by atoms with van der Waals surface area (Å²) < 4.78 is 10.4. The minimum Gasteiger partial charge on any atom is -0.497 e. The molecule has 29 heavy (non-hydrogen) atoms. The third-order valence-electron chi connectivity index (χ3n) is 3.88. The largest absolute Gasteiger partial charge is 0.497 e. The Labute approximate surface area is 172 Å². The third kappa shape index (κ3) is 5.67. The fourth-order valence-electron chi connectivity index (χ4n) is 2.38. The van der Waals surface area contributed by atoms with E-state index in [9.17, 15) is 9.59 Å². The Hall–Kier alpha value is -3.64. The average molecular weight is 409 g/mol. The van der Waals surface area contributed by atoms with Gasteiger partial charge in [-0.05, 0) is 66.2 Å². The maximum Gasteiger partial charge on any atom is 0.343 e. The molecule has 3 aromatic rings. The molecule has 3 rings (SSSR count). The van der Waals surface area contributed by atoms with E-state index >= 15 is 0 Å². The van der Waals surface area contributed by atoms with E-state index in [2.05, 4.69) is 10.5 Å². The van der Waals surface area contributed by atoms with Crippen molar-refractivity contribution in [2.45, 2.75) is 0 Å². The molecule has 0 aliphatic carbocycles. The number of carbonyl (C=O) groups is 2. The van der Waals surface area contributed by atoms with Crippen LogP contribution in [0.5, 0.6) is 11.5 Å². The van der Waals surface area contributed by atoms with E-state index in [4.69, 9.17) is 21.1 Å². The minimum absolute atomic E-state index is 0.360. The summed E-state index contributed by atoms with van der Waals surface area (Å²) in [5.41, 5.74) is 3.93. The average Bonchev–Trinajstić information content (AvgIpc) is 2.74. The summed E-state index contributed by atoms with van der Waals surface area (Å²) in [4.78, 5) is 24.3. The smallest absolute Gasteiger partial charge is 0.343 e. The molecule has 0 aliphatic rings. The van der Waals surface area contributed by atoms with Gasteiger partial charge in [0.05, 0.1) is 18.9 Å². The zero-order valence-electron chi connectivity index (χ0n) is 15.5. The Morgan fingerprint density at radius 2 is 1.62 bits per heavy atom. The molecule has 6 nitrogen and oxygen atoms in total. The second kappa shape index (κ2) is 9.52. The lowest BCUT2D eigenvalue weighted by molar-refractivity contribution is 0.0734. The van der Waals surface area contributed by atoms with Gasteiger partial charge in [0.1, 0.15) is 11.5 Å². The van der Waals surface area contributed by atoms with Crippen LogP contribution in [0.1, 0.15) is 26.3 Å². The number of benzene rings is 3. The lowest BCUT2D eigenvalue weighted by Crippen LogP contribution is -2.17. The maximum atomic E-state index is 12.2. The van der Waals surface area contributed by atoms with Crippen molar-refractivity contribution in [3.8, 4) is 11.5 Å². The monoisotopic (exact) mass is 408 g/mol. The van der Waals surface area contributed by atoms with Crippen LogP contribution in [0.15, 0.2) is 77.9 Å². The van der Waals surface area contributed by atoms with Crippen molar-refractivity contribution in [2.24, 2.45) is 5.10 Å². The highest BCUT2D eigenvalue weighted by molar-refractivity contribution is 6.30. The topological polar surface area (TPSA) is 77.0 Å². The van der Waals surface area contributed by atoms with E-state index in [1.807, 2.05) is 0 Å². The van der Waals surface area contributed by atoms with Crippen LogP contribution in [-0.4, -0.2) is 25.2 Å². The highest BCUT2D eigenvalue weighted by Crippen LogP contribution is 2.16. The fourth-order valence-corrected chi connectivity index (χ4v) is 2.51. The summed E-state index contributed by atoms with van der Waals surface area (Å²) in [6.07, 6.45) is 1.46. The number of amides is 1. The van der Waals surface area contributed by atoms with Crippen molar-refractivity contribution >= 4 is 29.7 Å². The zero-order chi connectivity index (χ0) is 20.6. The van der Waals surface area contributed by atoms with E-state index in [0.29, 0.717) is 33.2 Å². The van der Waals surface area contributed by atoms with Gasteiger partial charge in [0, 0.05) is 10.6 Å². The lowest BCUT2D eigenvalue weighted by Gasteiger charge is -2.06. The summed E-state index contributed by atoms with van der Waals surface area (Å²) in [6, 6.07) is 19.9. The van der Waals surface area contributed by atoms with E-state index in [1.165, 1.54) is 6.21 Å². The standard InChI is InChI=1S/C22H17ClN2O4/c1-28-19-11-7-17(8-12-19)22(27)29-20-4-2-3-15(13-20)14-24-25-21(26)16-5-9-18(23)10-6-16/h2-14H,1H3,(H,25,26)/b24-14+. The first-order valence-electron chi connectivity index (χ1n) is 8.60. The quantitative estimate of drug-likeness (QED) is 0.285. The van der Waals surface area contributed by atoms with Gasteiger partial charge in [0.25, 0.3) is 5.91 Å². The Morgan fingerprint density at radius 3 is 2.31 bits per heavy atom. The number of rotatable bonds is 6. The second-order valence-corrected chi connectivity index (χ2v) is 6.33. The van der Waals surface area contributed by atoms with Gasteiger partial charge in [0.15, 0.2) is 0 Å². The van der Waals surface area contributed by atoms with Crippen LogP contribution >= 0.6 is 11.6 Å². The minimum atomic E-state index is -0.488. The van der Waals surface area contributed by atoms with Gasteiger partial charge in [-0.1, -0.05) is 23.7 Å². The zero-order valence-corrected chi connectivity index (χ0v) is 16.2. The number of nitrogens with one attached hydrogen (secondary N) is 1. The fraction of sp³-hybridized carbons (Fsp3) is 0.0455. The molecule has 0 aliphatic heterocycles. The first kappa shape index (κ1) is 20.1. The molecule has 0 bridgehead atoms. The summed E-state index contributed by atoms with van der Waals surface area (Å²) in [7, 11) is 1.55. The molecule has 0 unspecified atom stereocenters. The summed E-state index contributed by atoms with van der Waals surface area (Å²) >= 11 is 5.80. The molecule has 0 saturated carbocycles. The molecular weight excluding hydrogens is 392 g/mol. The summed E-state index contributed by atoms with van der Waals surface area (Å²) in [5, 5.41) is 4.47. The van der Waals surface area contributed by atoms with Crippen molar-refractivity contribution in [3.05, 3.63) is 94.5 Å². The Morgan fingerprint density at radius 1 is 0.931 bits per heavy atom. The normalized spacial score (nSPS) is 10.6. The molecule has 0 atom stereocenters. The van der Waals surface area contributed by atoms with Gasteiger partial charge >= 0.3 is 5.97 Å². The molecule has 3 aromatic carbocycles. The number of nitrogens with zero attached hydrogens (tertiary/aromatic N) is 1. The Kier molecular flexibility index (Phi) is 6.60. The van der Waals surface area contributed by atoms with Gasteiger partial charge in [-0.15, -0.1) is 0 Å². The van der Waals surface area contributed by atoms with E-state index in [-0.39, 0.29) is 5.91 Å². The van der Waals surface area contributed by atoms with Crippen LogP contribution in [0, 0.1) is 0 Å². The maximum absolute atomic E-state index is 12.2. The van der Waals surface area contributed by atoms with Crippen molar-refractivity contribution in [1.82, 2.24) is 5.43 Å². The predicted octanol–water partition coefficient (Wildman–Crippen LogP) is 4.33. The number of methoxy groups -OCH3 is 1. The molecule has 1 amide bonds. The van der Waals surface area contributed by atoms with E-state index < -0.39 is 5.97 Å². The number of hydrogen-bond donors (Lipinski definition) is 1. The van der Waals surface area contributed by atoms with Crippen LogP contribution in [0.2, 0.25) is 5.02 Å². The highest BCUT2D eigenvalue weighted by Gasteiger charge is 2.09. The molecule has 0 heterocycles. The number of halogens is 1. The molecule has 0 spiro atoms. The van der Waals surface area contributed by atoms with Gasteiger partial charge < -0.3 is 9.47 Å². The van der Waals surface area contributed by atoms with Gasteiger partial charge in [-0.2, -0.15) is 5.10 Å². The second-order valence-electron chi connectivity index (χ2n) is 5.90. The van der Waals surface area contributed by atoms with Crippen LogP contribution in [0.4, 0.5) is 0 Å². The van der Waals surface area contributed by atoms with Crippen LogP contribution in [-0.2, 0) is 0 Å². The van der Waals surface area contributed by atoms with Gasteiger partial charge in [0.2, 0.25) is 0 Å². The lowest BCUT2D eigenvalue weighted by atomic mass is 10.2. The van der Waals surface area contributed by atoms with E-state index in [0.717, 1.165) is 0 Å². The number of hydrogen-bond acceptors (Lipinski definition) is 5. The Balaban J connectivity index is 1.61. The molecular formula is C22H17ClN2O4. The molecule has 0 aromatic heterocycles. The molecule has 0 saturated heterocycles. The number of esters is 1. The van der Waals surface area contributed by atoms with E-state index in [1.54, 1.807) is 79.9 Å². The van der Waals surface area contributed by atoms with Crippen molar-refractivity contribution in [1.29, 1.82) is 0 Å². The molecule has 7 heteroatoms. The predicted molar refractivity (Wildman–Crippen MR) is 111 cm³/mol. The summed E-state index contributed by atoms with van der Waals surface area (Å²) in [6.45, 7) is 0.